The lowest BCUT2D eigenvalue weighted by Crippen LogP contribution is -2.50. The molecule has 0 spiro atoms. The van der Waals surface area contributed by atoms with Crippen molar-refractivity contribution in [1.29, 1.82) is 0 Å². The van der Waals surface area contributed by atoms with E-state index in [-0.39, 0.29) is 12.1 Å². The smallest absolute Gasteiger partial charge is 0.346 e. The van der Waals surface area contributed by atoms with Crippen LogP contribution in [-0.4, -0.2) is 25.2 Å². The molecule has 0 bridgehead atoms. The van der Waals surface area contributed by atoms with Gasteiger partial charge in [0.15, 0.2) is 0 Å². The standard InChI is InChI=1S/C17H16N3O2/c21-17-19-14-7-12(6-11-4-2-1-3-5-11)8-15(16(14)20-17)22-13-9-18-10-13/h1-5,7-8,13,18H,6,9-10H2,(H,19,21). The zero-order chi connectivity index (χ0) is 14.9. The van der Waals surface area contributed by atoms with Gasteiger partial charge < -0.3 is 15.4 Å². The van der Waals surface area contributed by atoms with Crippen molar-refractivity contribution >= 4 is 17.4 Å². The van der Waals surface area contributed by atoms with E-state index in [0.717, 1.165) is 30.8 Å². The van der Waals surface area contributed by atoms with Crippen LogP contribution >= 0.6 is 0 Å². The number of amides is 2. The van der Waals surface area contributed by atoms with Crippen LogP contribution in [0.5, 0.6) is 5.75 Å². The Labute approximate surface area is 128 Å². The van der Waals surface area contributed by atoms with Gasteiger partial charge in [-0.05, 0) is 29.7 Å². The maximum Gasteiger partial charge on any atom is 0.346 e. The fraction of sp³-hybridized carbons (Fsp3) is 0.235. The van der Waals surface area contributed by atoms with E-state index in [9.17, 15) is 4.79 Å². The molecular formula is C17H16N3O2. The van der Waals surface area contributed by atoms with Crippen molar-refractivity contribution in [3.05, 3.63) is 53.6 Å². The minimum Gasteiger partial charge on any atom is -0.485 e. The number of hydrogen-bond donors (Lipinski definition) is 2. The van der Waals surface area contributed by atoms with Gasteiger partial charge in [0.1, 0.15) is 17.5 Å². The first-order valence-electron chi connectivity index (χ1n) is 7.39. The molecule has 2 aliphatic rings. The van der Waals surface area contributed by atoms with Crippen LogP contribution in [0.3, 0.4) is 0 Å². The predicted octanol–water partition coefficient (Wildman–Crippen LogP) is 2.41. The Hall–Kier alpha value is -2.53. The van der Waals surface area contributed by atoms with Gasteiger partial charge in [0, 0.05) is 13.1 Å². The highest BCUT2D eigenvalue weighted by molar-refractivity contribution is 6.04. The maximum atomic E-state index is 11.5. The Bertz CT molecular complexity index is 711. The van der Waals surface area contributed by atoms with Gasteiger partial charge in [0.25, 0.3) is 0 Å². The Balaban J connectivity index is 1.65. The van der Waals surface area contributed by atoms with Gasteiger partial charge in [-0.2, -0.15) is 5.32 Å². The van der Waals surface area contributed by atoms with Crippen LogP contribution in [0.2, 0.25) is 0 Å². The Morgan fingerprint density at radius 1 is 1.14 bits per heavy atom. The van der Waals surface area contributed by atoms with Crippen LogP contribution in [0.25, 0.3) is 0 Å². The number of urea groups is 1. The normalized spacial score (nSPS) is 16.5. The van der Waals surface area contributed by atoms with Crippen LogP contribution in [0.4, 0.5) is 16.2 Å². The molecule has 0 aromatic heterocycles. The van der Waals surface area contributed by atoms with Crippen molar-refractivity contribution in [3.63, 3.8) is 0 Å². The first-order valence-corrected chi connectivity index (χ1v) is 7.39. The largest absolute Gasteiger partial charge is 0.485 e. The summed E-state index contributed by atoms with van der Waals surface area (Å²) in [5.74, 6) is 0.688. The van der Waals surface area contributed by atoms with Gasteiger partial charge in [0.2, 0.25) is 0 Å². The molecule has 2 aliphatic heterocycles. The molecule has 5 nitrogen and oxygen atoms in total. The van der Waals surface area contributed by atoms with E-state index in [0.29, 0.717) is 11.4 Å². The highest BCUT2D eigenvalue weighted by Crippen LogP contribution is 2.39. The van der Waals surface area contributed by atoms with E-state index in [2.05, 4.69) is 28.1 Å². The first-order chi connectivity index (χ1) is 10.8. The predicted molar refractivity (Wildman–Crippen MR) is 83.8 cm³/mol. The van der Waals surface area contributed by atoms with Crippen molar-refractivity contribution in [3.8, 4) is 5.75 Å². The molecule has 22 heavy (non-hydrogen) atoms. The van der Waals surface area contributed by atoms with Crippen molar-refractivity contribution in [1.82, 2.24) is 10.6 Å². The minimum absolute atomic E-state index is 0.155. The van der Waals surface area contributed by atoms with Crippen LogP contribution < -0.4 is 20.7 Å². The number of ether oxygens (including phenoxy) is 1. The quantitative estimate of drug-likeness (QED) is 0.910. The second kappa shape index (κ2) is 5.35. The molecule has 2 amide bonds. The first kappa shape index (κ1) is 13.2. The van der Waals surface area contributed by atoms with Gasteiger partial charge in [-0.3, -0.25) is 0 Å². The third-order valence-corrected chi connectivity index (χ3v) is 3.88. The molecule has 5 heteroatoms. The minimum atomic E-state index is -0.330. The number of nitrogens with one attached hydrogen (secondary N) is 2. The summed E-state index contributed by atoms with van der Waals surface area (Å²) in [6.45, 7) is 1.66. The SMILES string of the molecule is O=C1[N]c2c(cc(Cc3ccccc3)cc2OC2CNC2)N1. The zero-order valence-corrected chi connectivity index (χ0v) is 12.0. The van der Waals surface area contributed by atoms with Crippen LogP contribution in [0.1, 0.15) is 11.1 Å². The summed E-state index contributed by atoms with van der Waals surface area (Å²) in [4.78, 5) is 11.5. The Kier molecular flexibility index (Phi) is 3.20. The van der Waals surface area contributed by atoms with E-state index in [1.165, 1.54) is 5.56 Å². The molecule has 0 saturated carbocycles. The van der Waals surface area contributed by atoms with E-state index in [1.54, 1.807) is 0 Å². The molecule has 2 heterocycles. The molecule has 1 fully saturated rings. The van der Waals surface area contributed by atoms with E-state index in [4.69, 9.17) is 4.74 Å². The van der Waals surface area contributed by atoms with Gasteiger partial charge in [-0.25, -0.2) is 4.79 Å². The summed E-state index contributed by atoms with van der Waals surface area (Å²) < 4.78 is 5.97. The molecule has 2 aromatic carbocycles. The maximum absolute atomic E-state index is 11.5. The topological polar surface area (TPSA) is 64.5 Å². The molecular weight excluding hydrogens is 278 g/mol. The molecule has 0 unspecified atom stereocenters. The van der Waals surface area contributed by atoms with Crippen molar-refractivity contribution in [2.75, 3.05) is 18.4 Å². The lowest BCUT2D eigenvalue weighted by atomic mass is 10.0. The second-order valence-electron chi connectivity index (χ2n) is 5.59. The zero-order valence-electron chi connectivity index (χ0n) is 12.0. The number of anilines is 1. The number of carbonyl (C=O) groups excluding carboxylic acids is 1. The molecule has 1 saturated heterocycles. The van der Waals surface area contributed by atoms with Crippen molar-refractivity contribution in [2.45, 2.75) is 12.5 Å². The molecule has 0 atom stereocenters. The van der Waals surface area contributed by atoms with Crippen molar-refractivity contribution in [2.24, 2.45) is 0 Å². The number of benzene rings is 2. The fourth-order valence-corrected chi connectivity index (χ4v) is 2.67. The van der Waals surface area contributed by atoms with E-state index >= 15 is 0 Å². The number of rotatable bonds is 4. The highest BCUT2D eigenvalue weighted by atomic mass is 16.5. The van der Waals surface area contributed by atoms with Gasteiger partial charge >= 0.3 is 6.03 Å². The summed E-state index contributed by atoms with van der Waals surface area (Å²) in [7, 11) is 0. The summed E-state index contributed by atoms with van der Waals surface area (Å²) in [5, 5.41) is 9.96. The van der Waals surface area contributed by atoms with Gasteiger partial charge in [-0.1, -0.05) is 30.3 Å². The summed E-state index contributed by atoms with van der Waals surface area (Å²) in [6.07, 6.45) is 0.950. The second-order valence-corrected chi connectivity index (χ2v) is 5.59. The third-order valence-electron chi connectivity index (χ3n) is 3.88. The van der Waals surface area contributed by atoms with Crippen LogP contribution in [0, 0.1) is 0 Å². The average Bonchev–Trinajstić information content (AvgIpc) is 2.84. The van der Waals surface area contributed by atoms with Gasteiger partial charge in [0.05, 0.1) is 5.69 Å². The van der Waals surface area contributed by atoms with Crippen LogP contribution in [0.15, 0.2) is 42.5 Å². The molecule has 4 rings (SSSR count). The lowest BCUT2D eigenvalue weighted by molar-refractivity contribution is 0.142. The number of nitrogens with zero attached hydrogens (tertiary/aromatic N) is 1. The van der Waals surface area contributed by atoms with Gasteiger partial charge in [-0.15, -0.1) is 0 Å². The molecule has 111 valence electrons. The number of fused-ring (bicyclic) bond motifs is 1. The monoisotopic (exact) mass is 294 g/mol. The van der Waals surface area contributed by atoms with E-state index in [1.807, 2.05) is 30.3 Å². The summed E-state index contributed by atoms with van der Waals surface area (Å²) in [6, 6.07) is 13.9. The Morgan fingerprint density at radius 2 is 1.95 bits per heavy atom. The van der Waals surface area contributed by atoms with Crippen LogP contribution in [-0.2, 0) is 6.42 Å². The average molecular weight is 294 g/mol. The van der Waals surface area contributed by atoms with E-state index < -0.39 is 0 Å². The summed E-state index contributed by atoms with van der Waals surface area (Å²) in [5.41, 5.74) is 3.68. The molecule has 1 radical (unpaired) electrons. The third kappa shape index (κ3) is 2.51. The lowest BCUT2D eigenvalue weighted by Gasteiger charge is -2.28. The number of carbonyl (C=O) groups is 1. The fourth-order valence-electron chi connectivity index (χ4n) is 2.67. The molecule has 2 aromatic rings. The highest BCUT2D eigenvalue weighted by Gasteiger charge is 2.27. The number of hydrogen-bond acceptors (Lipinski definition) is 3. The van der Waals surface area contributed by atoms with Crippen molar-refractivity contribution < 1.29 is 9.53 Å². The Morgan fingerprint density at radius 3 is 2.68 bits per heavy atom. The molecule has 0 aliphatic carbocycles. The molecule has 2 N–H and O–H groups in total. The summed E-state index contributed by atoms with van der Waals surface area (Å²) >= 11 is 0.